The van der Waals surface area contributed by atoms with Crippen LogP contribution in [0.25, 0.3) is 11.0 Å². The number of nitrogen functional groups attached to an aromatic ring is 4. The molecule has 5 aromatic rings. The van der Waals surface area contributed by atoms with Crippen LogP contribution in [-0.2, 0) is 52.7 Å². The van der Waals surface area contributed by atoms with Gasteiger partial charge in [-0.25, -0.2) is 23.5 Å². The van der Waals surface area contributed by atoms with Crippen LogP contribution in [-0.4, -0.2) is 32.8 Å². The van der Waals surface area contributed by atoms with Crippen molar-refractivity contribution in [3.05, 3.63) is 68.8 Å². The lowest BCUT2D eigenvalue weighted by Crippen LogP contribution is -2.47. The van der Waals surface area contributed by atoms with Crippen molar-refractivity contribution in [1.82, 2.24) is 32.8 Å². The summed E-state index contributed by atoms with van der Waals surface area (Å²) in [6.07, 6.45) is 4.92. The van der Waals surface area contributed by atoms with Crippen molar-refractivity contribution in [1.29, 1.82) is 0 Å². The molecule has 1 aliphatic heterocycles. The highest BCUT2D eigenvalue weighted by Gasteiger charge is 2.47. The first-order chi connectivity index (χ1) is 20.3. The van der Waals surface area contributed by atoms with Crippen molar-refractivity contribution in [2.24, 2.45) is 21.1 Å². The maximum atomic E-state index is 12.6. The molecule has 1 atom stereocenters. The van der Waals surface area contributed by atoms with Gasteiger partial charge in [-0.1, -0.05) is 12.1 Å². The first-order valence-electron chi connectivity index (χ1n) is 14.5. The maximum Gasteiger partial charge on any atom is 0.292 e. The van der Waals surface area contributed by atoms with Crippen LogP contribution in [0.1, 0.15) is 45.5 Å². The van der Waals surface area contributed by atoms with Crippen LogP contribution in [0.15, 0.2) is 46.2 Å². The molecule has 0 saturated carbocycles. The number of imidazole rings is 2. The topological polar surface area (TPSA) is 185 Å². The van der Waals surface area contributed by atoms with E-state index >= 15 is 0 Å². The van der Waals surface area contributed by atoms with Crippen molar-refractivity contribution in [3.63, 3.8) is 0 Å². The Hall–Kier alpha value is -4.88. The average Bonchev–Trinajstić information content (AvgIpc) is 3.61. The molecule has 0 spiro atoms. The Morgan fingerprint density at radius 2 is 1.53 bits per heavy atom. The number of rotatable bonds is 4. The predicted molar refractivity (Wildman–Crippen MR) is 170 cm³/mol. The monoisotopic (exact) mass is 593 g/mol. The quantitative estimate of drug-likeness (QED) is 0.225. The minimum atomic E-state index is -0.339. The zero-order valence-electron chi connectivity index (χ0n) is 26.2. The van der Waals surface area contributed by atoms with E-state index in [1.807, 2.05) is 87.8 Å². The Morgan fingerprint density at radius 1 is 0.907 bits per heavy atom. The SMILES string of the molecule is CCn1c(N)c(N)c(=O)n1CC.CCn1c(N)c2c(=O)n1CCC2(C)c1n(C)cc[n+]1C.Cn1c(N)nc2ccccc21. The van der Waals surface area contributed by atoms with Crippen LogP contribution >= 0.6 is 0 Å². The number of fused-ring (bicyclic) bond motifs is 3. The summed E-state index contributed by atoms with van der Waals surface area (Å²) in [5, 5.41) is 0. The summed E-state index contributed by atoms with van der Waals surface area (Å²) in [6, 6.07) is 7.88. The number of aryl methyl sites for hydroxylation is 3. The third kappa shape index (κ3) is 5.06. The number of hydrogen-bond acceptors (Lipinski definition) is 7. The lowest BCUT2D eigenvalue weighted by molar-refractivity contribution is -0.682. The molecule has 1 aliphatic rings. The zero-order chi connectivity index (χ0) is 31.8. The zero-order valence-corrected chi connectivity index (χ0v) is 26.2. The number of nitrogens with two attached hydrogens (primary N) is 4. The summed E-state index contributed by atoms with van der Waals surface area (Å²) in [4.78, 5) is 28.1. The number of nitrogens with zero attached hydrogens (tertiary/aromatic N) is 8. The van der Waals surface area contributed by atoms with Gasteiger partial charge >= 0.3 is 0 Å². The van der Waals surface area contributed by atoms with Gasteiger partial charge in [-0.3, -0.25) is 19.0 Å². The minimum absolute atomic E-state index is 0.0549. The fourth-order valence-electron chi connectivity index (χ4n) is 6.18. The van der Waals surface area contributed by atoms with E-state index in [0.717, 1.165) is 35.4 Å². The van der Waals surface area contributed by atoms with E-state index in [-0.39, 0.29) is 22.2 Å². The van der Waals surface area contributed by atoms with Crippen molar-refractivity contribution < 1.29 is 4.57 Å². The Balaban J connectivity index is 0.000000158. The lowest BCUT2D eigenvalue weighted by Gasteiger charge is -2.27. The molecule has 1 unspecified atom stereocenters. The molecule has 5 heterocycles. The Kier molecular flexibility index (Phi) is 8.51. The second kappa shape index (κ2) is 11.8. The van der Waals surface area contributed by atoms with Crippen LogP contribution < -0.4 is 38.6 Å². The largest absolute Gasteiger partial charge is 0.391 e. The fourth-order valence-corrected chi connectivity index (χ4v) is 6.18. The summed E-state index contributed by atoms with van der Waals surface area (Å²) in [5.74, 6) is 2.65. The molecule has 0 amide bonds. The lowest BCUT2D eigenvalue weighted by atomic mass is 9.78. The van der Waals surface area contributed by atoms with Gasteiger partial charge in [-0.2, -0.15) is 0 Å². The smallest absolute Gasteiger partial charge is 0.292 e. The first-order valence-corrected chi connectivity index (χ1v) is 14.5. The van der Waals surface area contributed by atoms with Gasteiger partial charge in [0.05, 0.1) is 30.7 Å². The molecule has 4 aromatic heterocycles. The van der Waals surface area contributed by atoms with Crippen LogP contribution in [0.4, 0.5) is 23.3 Å². The van der Waals surface area contributed by atoms with Crippen molar-refractivity contribution in [2.75, 3.05) is 22.9 Å². The summed E-state index contributed by atoms with van der Waals surface area (Å²) in [6.45, 7) is 10.6. The maximum absolute atomic E-state index is 12.6. The molecule has 232 valence electrons. The van der Waals surface area contributed by atoms with E-state index < -0.39 is 0 Å². The minimum Gasteiger partial charge on any atom is -0.391 e. The van der Waals surface area contributed by atoms with Crippen LogP contribution in [0, 0.1) is 0 Å². The number of benzene rings is 1. The third-order valence-corrected chi connectivity index (χ3v) is 8.36. The van der Waals surface area contributed by atoms with Crippen molar-refractivity contribution in [3.8, 4) is 0 Å². The molecule has 0 fully saturated rings. The average molecular weight is 594 g/mol. The second-order valence-electron chi connectivity index (χ2n) is 10.9. The third-order valence-electron chi connectivity index (χ3n) is 8.36. The van der Waals surface area contributed by atoms with Gasteiger partial charge in [0.2, 0.25) is 5.95 Å². The van der Waals surface area contributed by atoms with E-state index in [2.05, 4.69) is 21.0 Å². The molecule has 14 nitrogen and oxygen atoms in total. The highest BCUT2D eigenvalue weighted by molar-refractivity contribution is 5.77. The first kappa shape index (κ1) is 31.1. The van der Waals surface area contributed by atoms with Gasteiger partial charge in [-0.05, 0) is 46.2 Å². The molecule has 14 heteroatoms. The van der Waals surface area contributed by atoms with Gasteiger partial charge in [-0.15, -0.1) is 0 Å². The summed E-state index contributed by atoms with van der Waals surface area (Å²) in [7, 11) is 5.94. The van der Waals surface area contributed by atoms with E-state index in [4.69, 9.17) is 22.9 Å². The van der Waals surface area contributed by atoms with Gasteiger partial charge in [0.15, 0.2) is 0 Å². The molecule has 0 radical (unpaired) electrons. The van der Waals surface area contributed by atoms with Crippen LogP contribution in [0.2, 0.25) is 0 Å². The Bertz CT molecular complexity index is 1860. The second-order valence-corrected chi connectivity index (χ2v) is 10.9. The number of hydrogen-bond donors (Lipinski definition) is 4. The van der Waals surface area contributed by atoms with Crippen molar-refractivity contribution in [2.45, 2.75) is 65.7 Å². The number of anilines is 4. The molecule has 43 heavy (non-hydrogen) atoms. The van der Waals surface area contributed by atoms with E-state index in [0.29, 0.717) is 37.2 Å². The van der Waals surface area contributed by atoms with Crippen LogP contribution in [0.5, 0.6) is 0 Å². The molecule has 2 bridgehead atoms. The number of aromatic nitrogens is 8. The van der Waals surface area contributed by atoms with Gasteiger partial charge in [0.1, 0.15) is 35.1 Å². The number of para-hydroxylation sites is 2. The molecular weight excluding hydrogens is 548 g/mol. The molecular formula is C29H45N12O2+. The highest BCUT2D eigenvalue weighted by atomic mass is 16.1. The van der Waals surface area contributed by atoms with Gasteiger partial charge in [0, 0.05) is 33.2 Å². The van der Waals surface area contributed by atoms with Crippen LogP contribution in [0.3, 0.4) is 0 Å². The molecule has 0 aliphatic carbocycles. The summed E-state index contributed by atoms with van der Waals surface area (Å²) >= 11 is 0. The Labute approximate surface area is 250 Å². The standard InChI is InChI=1S/C14H21N5O.C8H9N3.C7H14N4O/c1-5-18-11(15)10-12(20)19(18)7-6-14(10,2)13-16(3)8-9-17(13)4;1-11-7-5-3-2-4-6(7)10-8(11)9;1-3-10-6(9)5(8)7(12)11(10)4-2/h8-9H,5-7H2,1-4H3,(H-,15,20);2-5H,1H3,(H2,9,10);3-4,8-9H2,1-2H3/p+1. The normalized spacial score (nSPS) is 15.6. The summed E-state index contributed by atoms with van der Waals surface area (Å²) < 4.78 is 12.9. The van der Waals surface area contributed by atoms with Gasteiger partial charge < -0.3 is 27.5 Å². The van der Waals surface area contributed by atoms with Crippen molar-refractivity contribution >= 4 is 34.3 Å². The van der Waals surface area contributed by atoms with Gasteiger partial charge in [0.25, 0.3) is 16.9 Å². The summed E-state index contributed by atoms with van der Waals surface area (Å²) in [5.41, 5.74) is 25.4. The van der Waals surface area contributed by atoms with E-state index in [9.17, 15) is 9.59 Å². The molecule has 0 saturated heterocycles. The van der Waals surface area contributed by atoms with E-state index in [1.54, 1.807) is 9.36 Å². The molecule has 1 aromatic carbocycles. The van der Waals surface area contributed by atoms with E-state index in [1.165, 1.54) is 4.68 Å². The molecule has 8 N–H and O–H groups in total. The Morgan fingerprint density at radius 3 is 2.07 bits per heavy atom. The highest BCUT2D eigenvalue weighted by Crippen LogP contribution is 2.38. The fraction of sp³-hybridized carbons (Fsp3) is 0.448. The predicted octanol–water partition coefficient (Wildman–Crippen LogP) is 1.13. The molecule has 6 rings (SSSR count).